The van der Waals surface area contributed by atoms with Gasteiger partial charge in [-0.2, -0.15) is 0 Å². The highest BCUT2D eigenvalue weighted by atomic mass is 14.8. The van der Waals surface area contributed by atoms with Gasteiger partial charge >= 0.3 is 0 Å². The number of nitrogens with one attached hydrogen (secondary N) is 1. The van der Waals surface area contributed by atoms with Crippen LogP contribution in [-0.2, 0) is 0 Å². The zero-order chi connectivity index (χ0) is 8.69. The fourth-order valence-electron chi connectivity index (χ4n) is 1.32. The minimum absolute atomic E-state index is 0.823. The van der Waals surface area contributed by atoms with E-state index in [1.807, 2.05) is 0 Å². The zero-order valence-corrected chi connectivity index (χ0v) is 8.48. The average Bonchev–Trinajstić information content (AvgIpc) is 1.97. The molecule has 0 spiro atoms. The van der Waals surface area contributed by atoms with E-state index in [0.717, 1.165) is 11.8 Å². The molecule has 0 saturated carbocycles. The van der Waals surface area contributed by atoms with Crippen molar-refractivity contribution >= 4 is 0 Å². The van der Waals surface area contributed by atoms with Gasteiger partial charge in [0.1, 0.15) is 0 Å². The van der Waals surface area contributed by atoms with Gasteiger partial charge in [-0.25, -0.2) is 0 Å². The van der Waals surface area contributed by atoms with E-state index >= 15 is 0 Å². The van der Waals surface area contributed by atoms with Crippen LogP contribution in [0.3, 0.4) is 0 Å². The van der Waals surface area contributed by atoms with Crippen LogP contribution in [0.4, 0.5) is 0 Å². The van der Waals surface area contributed by atoms with E-state index < -0.39 is 0 Å². The molecule has 0 aliphatic heterocycles. The highest BCUT2D eigenvalue weighted by Crippen LogP contribution is 2.12. The monoisotopic (exact) mass is 157 g/mol. The molecule has 11 heavy (non-hydrogen) atoms. The summed E-state index contributed by atoms with van der Waals surface area (Å²) in [5.41, 5.74) is 0. The molecule has 0 rings (SSSR count). The van der Waals surface area contributed by atoms with E-state index in [-0.39, 0.29) is 0 Å². The first-order valence-electron chi connectivity index (χ1n) is 4.93. The molecule has 0 bridgehead atoms. The number of hydrogen-bond donors (Lipinski definition) is 1. The van der Waals surface area contributed by atoms with Crippen LogP contribution in [-0.4, -0.2) is 13.1 Å². The van der Waals surface area contributed by atoms with Crippen molar-refractivity contribution in [1.82, 2.24) is 5.32 Å². The summed E-state index contributed by atoms with van der Waals surface area (Å²) in [5, 5.41) is 3.47. The van der Waals surface area contributed by atoms with Crippen LogP contribution in [0.25, 0.3) is 0 Å². The van der Waals surface area contributed by atoms with Crippen molar-refractivity contribution in [1.29, 1.82) is 0 Å². The summed E-state index contributed by atoms with van der Waals surface area (Å²) in [5.74, 6) is 1.69. The Morgan fingerprint density at radius 1 is 1.18 bits per heavy atom. The molecule has 0 fully saturated rings. The normalized spacial score (nSPS) is 13.9. The second-order valence-corrected chi connectivity index (χ2v) is 3.62. The van der Waals surface area contributed by atoms with Gasteiger partial charge in [0.25, 0.3) is 0 Å². The second kappa shape index (κ2) is 6.66. The lowest BCUT2D eigenvalue weighted by Crippen LogP contribution is -2.26. The van der Waals surface area contributed by atoms with E-state index in [2.05, 4.69) is 33.0 Å². The number of rotatable bonds is 6. The van der Waals surface area contributed by atoms with Crippen molar-refractivity contribution in [3.63, 3.8) is 0 Å². The fraction of sp³-hybridized carbons (Fsp3) is 1.00. The lowest BCUT2D eigenvalue weighted by Gasteiger charge is -2.19. The maximum atomic E-state index is 3.47. The van der Waals surface area contributed by atoms with Gasteiger partial charge in [-0.05, 0) is 31.3 Å². The average molecular weight is 157 g/mol. The molecule has 1 heteroatoms. The van der Waals surface area contributed by atoms with Crippen molar-refractivity contribution < 1.29 is 0 Å². The van der Waals surface area contributed by atoms with Crippen LogP contribution in [0.2, 0.25) is 0 Å². The van der Waals surface area contributed by atoms with Crippen LogP contribution >= 0.6 is 0 Å². The summed E-state index contributed by atoms with van der Waals surface area (Å²) in [6.45, 7) is 11.5. The Hall–Kier alpha value is -0.0400. The highest BCUT2D eigenvalue weighted by molar-refractivity contribution is 4.63. The van der Waals surface area contributed by atoms with E-state index in [4.69, 9.17) is 0 Å². The maximum absolute atomic E-state index is 3.47. The Balaban J connectivity index is 3.36. The SMILES string of the molecule is CCCNCC(CC)C(C)C. The van der Waals surface area contributed by atoms with E-state index in [9.17, 15) is 0 Å². The van der Waals surface area contributed by atoms with E-state index in [0.29, 0.717) is 0 Å². The second-order valence-electron chi connectivity index (χ2n) is 3.62. The van der Waals surface area contributed by atoms with Gasteiger partial charge in [-0.3, -0.25) is 0 Å². The lowest BCUT2D eigenvalue weighted by atomic mass is 9.93. The van der Waals surface area contributed by atoms with Crippen LogP contribution in [0.5, 0.6) is 0 Å². The molecule has 1 unspecified atom stereocenters. The molecular weight excluding hydrogens is 134 g/mol. The van der Waals surface area contributed by atoms with Gasteiger partial charge in [0.15, 0.2) is 0 Å². The summed E-state index contributed by atoms with van der Waals surface area (Å²) in [7, 11) is 0. The van der Waals surface area contributed by atoms with Gasteiger partial charge in [0.2, 0.25) is 0 Å². The molecule has 0 aromatic rings. The Morgan fingerprint density at radius 2 is 1.82 bits per heavy atom. The van der Waals surface area contributed by atoms with E-state index in [1.54, 1.807) is 0 Å². The molecule has 0 heterocycles. The summed E-state index contributed by atoms with van der Waals surface area (Å²) in [6, 6.07) is 0. The fourth-order valence-corrected chi connectivity index (χ4v) is 1.32. The molecule has 0 aromatic heterocycles. The third-order valence-electron chi connectivity index (χ3n) is 2.30. The third kappa shape index (κ3) is 5.25. The molecule has 1 nitrogen and oxygen atoms in total. The molecule has 1 atom stereocenters. The molecule has 0 aliphatic rings. The van der Waals surface area contributed by atoms with Crippen molar-refractivity contribution in [2.24, 2.45) is 11.8 Å². The molecule has 0 aromatic carbocycles. The molecule has 68 valence electrons. The van der Waals surface area contributed by atoms with Gasteiger partial charge in [-0.1, -0.05) is 34.1 Å². The first-order chi connectivity index (χ1) is 5.22. The summed E-state index contributed by atoms with van der Waals surface area (Å²) in [4.78, 5) is 0. The molecule has 0 radical (unpaired) electrons. The van der Waals surface area contributed by atoms with Crippen LogP contribution in [0.15, 0.2) is 0 Å². The first kappa shape index (κ1) is 11.0. The highest BCUT2D eigenvalue weighted by Gasteiger charge is 2.09. The maximum Gasteiger partial charge on any atom is -0.00182 e. The predicted octanol–water partition coefficient (Wildman–Crippen LogP) is 2.67. The Kier molecular flexibility index (Phi) is 6.63. The van der Waals surface area contributed by atoms with Gasteiger partial charge in [0.05, 0.1) is 0 Å². The van der Waals surface area contributed by atoms with Gasteiger partial charge in [-0.15, -0.1) is 0 Å². The predicted molar refractivity (Wildman–Crippen MR) is 51.8 cm³/mol. The smallest absolute Gasteiger partial charge is 0.00182 e. The summed E-state index contributed by atoms with van der Waals surface area (Å²) >= 11 is 0. The lowest BCUT2D eigenvalue weighted by molar-refractivity contribution is 0.353. The quantitative estimate of drug-likeness (QED) is 0.584. The zero-order valence-electron chi connectivity index (χ0n) is 8.48. The Labute approximate surface area is 71.6 Å². The summed E-state index contributed by atoms with van der Waals surface area (Å²) in [6.07, 6.45) is 2.54. The molecule has 0 aliphatic carbocycles. The Bertz CT molecular complexity index is 78.9. The topological polar surface area (TPSA) is 12.0 Å². The third-order valence-corrected chi connectivity index (χ3v) is 2.30. The standard InChI is InChI=1S/C10H23N/c1-5-7-11-8-10(6-2)9(3)4/h9-11H,5-8H2,1-4H3. The van der Waals surface area contributed by atoms with Crippen LogP contribution < -0.4 is 5.32 Å². The van der Waals surface area contributed by atoms with Crippen molar-refractivity contribution in [2.75, 3.05) is 13.1 Å². The van der Waals surface area contributed by atoms with Crippen molar-refractivity contribution in [3.05, 3.63) is 0 Å². The van der Waals surface area contributed by atoms with Gasteiger partial charge in [0, 0.05) is 0 Å². The molecule has 1 N–H and O–H groups in total. The summed E-state index contributed by atoms with van der Waals surface area (Å²) < 4.78 is 0. The van der Waals surface area contributed by atoms with E-state index in [1.165, 1.54) is 25.9 Å². The molecular formula is C10H23N. The molecule has 0 amide bonds. The van der Waals surface area contributed by atoms with Crippen molar-refractivity contribution in [3.8, 4) is 0 Å². The minimum atomic E-state index is 0.823. The first-order valence-corrected chi connectivity index (χ1v) is 4.93. The number of hydrogen-bond acceptors (Lipinski definition) is 1. The van der Waals surface area contributed by atoms with Crippen LogP contribution in [0, 0.1) is 11.8 Å². The van der Waals surface area contributed by atoms with Gasteiger partial charge < -0.3 is 5.32 Å². The Morgan fingerprint density at radius 3 is 2.18 bits per heavy atom. The largest absolute Gasteiger partial charge is 0.316 e. The van der Waals surface area contributed by atoms with Crippen LogP contribution in [0.1, 0.15) is 40.5 Å². The van der Waals surface area contributed by atoms with Crippen molar-refractivity contribution in [2.45, 2.75) is 40.5 Å². The molecule has 0 saturated heterocycles. The minimum Gasteiger partial charge on any atom is -0.316 e.